The highest BCUT2D eigenvalue weighted by Gasteiger charge is 2.44. The average Bonchev–Trinajstić information content (AvgIpc) is 2.59. The maximum Gasteiger partial charge on any atom is 0.149 e. The molecular formula is C21H15F3O. The van der Waals surface area contributed by atoms with Crippen LogP contribution in [0, 0.1) is 17.5 Å². The van der Waals surface area contributed by atoms with E-state index in [-0.39, 0.29) is 11.1 Å². The number of rotatable bonds is 4. The molecule has 0 saturated carbocycles. The van der Waals surface area contributed by atoms with Crippen LogP contribution in [0.3, 0.4) is 0 Å². The fourth-order valence-corrected chi connectivity index (χ4v) is 3.27. The first kappa shape index (κ1) is 17.0. The summed E-state index contributed by atoms with van der Waals surface area (Å²) in [5, 5.41) is 0. The van der Waals surface area contributed by atoms with Gasteiger partial charge < -0.3 is 0 Å². The maximum atomic E-state index is 14.7. The molecule has 4 heteroatoms. The fourth-order valence-electron chi connectivity index (χ4n) is 3.27. The lowest BCUT2D eigenvalue weighted by molar-refractivity contribution is -0.120. The summed E-state index contributed by atoms with van der Waals surface area (Å²) >= 11 is 0. The number of halogens is 3. The minimum Gasteiger partial charge on any atom is -0.298 e. The van der Waals surface area contributed by atoms with Gasteiger partial charge in [-0.25, -0.2) is 13.2 Å². The topological polar surface area (TPSA) is 17.1 Å². The van der Waals surface area contributed by atoms with E-state index in [0.29, 0.717) is 5.56 Å². The van der Waals surface area contributed by atoms with Gasteiger partial charge in [0.15, 0.2) is 0 Å². The molecule has 0 N–H and O–H groups in total. The molecule has 0 spiro atoms. The summed E-state index contributed by atoms with van der Waals surface area (Å²) in [6.07, 6.45) is 0. The predicted octanol–water partition coefficient (Wildman–Crippen LogP) is 5.03. The van der Waals surface area contributed by atoms with Crippen LogP contribution in [0.5, 0.6) is 0 Å². The third-order valence-corrected chi connectivity index (χ3v) is 4.36. The fraction of sp³-hybridized carbons (Fsp3) is 0.0952. The Morgan fingerprint density at radius 2 is 1.16 bits per heavy atom. The molecule has 126 valence electrons. The van der Waals surface area contributed by atoms with Crippen molar-refractivity contribution >= 4 is 5.78 Å². The largest absolute Gasteiger partial charge is 0.298 e. The van der Waals surface area contributed by atoms with Crippen molar-refractivity contribution in [2.75, 3.05) is 0 Å². The van der Waals surface area contributed by atoms with Crippen molar-refractivity contribution in [3.63, 3.8) is 0 Å². The average molecular weight is 340 g/mol. The Bertz CT molecular complexity index is 871. The number of carbonyl (C=O) groups is 1. The van der Waals surface area contributed by atoms with E-state index in [1.807, 2.05) is 0 Å². The Morgan fingerprint density at radius 1 is 0.720 bits per heavy atom. The van der Waals surface area contributed by atoms with Gasteiger partial charge in [-0.3, -0.25) is 4.79 Å². The van der Waals surface area contributed by atoms with E-state index >= 15 is 0 Å². The summed E-state index contributed by atoms with van der Waals surface area (Å²) in [6, 6.07) is 16.6. The van der Waals surface area contributed by atoms with Crippen molar-refractivity contribution in [2.45, 2.75) is 12.3 Å². The molecule has 25 heavy (non-hydrogen) atoms. The number of carbonyl (C=O) groups excluding carboxylic acids is 1. The van der Waals surface area contributed by atoms with Crippen molar-refractivity contribution < 1.29 is 18.0 Å². The molecule has 3 rings (SSSR count). The van der Waals surface area contributed by atoms with Crippen LogP contribution in [0.1, 0.15) is 23.6 Å². The number of ketones is 1. The zero-order chi connectivity index (χ0) is 18.0. The first-order valence-corrected chi connectivity index (χ1v) is 7.75. The van der Waals surface area contributed by atoms with Crippen molar-refractivity contribution in [2.24, 2.45) is 0 Å². The van der Waals surface area contributed by atoms with E-state index in [2.05, 4.69) is 0 Å². The molecule has 0 saturated heterocycles. The lowest BCUT2D eigenvalue weighted by Crippen LogP contribution is -2.38. The predicted molar refractivity (Wildman–Crippen MR) is 89.8 cm³/mol. The highest BCUT2D eigenvalue weighted by molar-refractivity contribution is 5.96. The third kappa shape index (κ3) is 2.74. The van der Waals surface area contributed by atoms with Crippen LogP contribution < -0.4 is 0 Å². The van der Waals surface area contributed by atoms with E-state index in [1.165, 1.54) is 67.6 Å². The van der Waals surface area contributed by atoms with Gasteiger partial charge in [0.2, 0.25) is 0 Å². The van der Waals surface area contributed by atoms with Crippen LogP contribution in [0.15, 0.2) is 72.8 Å². The molecule has 0 aliphatic heterocycles. The Labute approximate surface area is 143 Å². The molecule has 1 nitrogen and oxygen atoms in total. The summed E-state index contributed by atoms with van der Waals surface area (Å²) in [5.74, 6) is -2.23. The summed E-state index contributed by atoms with van der Waals surface area (Å²) in [6.45, 7) is 1.28. The van der Waals surface area contributed by atoms with Gasteiger partial charge in [0.05, 0.1) is 0 Å². The molecule has 0 unspecified atom stereocenters. The van der Waals surface area contributed by atoms with E-state index in [0.717, 1.165) is 0 Å². The van der Waals surface area contributed by atoms with Crippen molar-refractivity contribution in [1.29, 1.82) is 0 Å². The Morgan fingerprint density at radius 3 is 1.56 bits per heavy atom. The van der Waals surface area contributed by atoms with Gasteiger partial charge in [-0.1, -0.05) is 48.5 Å². The maximum absolute atomic E-state index is 14.7. The van der Waals surface area contributed by atoms with Crippen LogP contribution in [-0.2, 0) is 10.2 Å². The molecule has 0 fully saturated rings. The van der Waals surface area contributed by atoms with Gasteiger partial charge in [0.25, 0.3) is 0 Å². The SMILES string of the molecule is CC(=O)C(c1ccc(F)cc1)(c1ccccc1F)c1ccccc1F. The number of Topliss-reactive ketones (excluding diaryl/α,β-unsaturated/α-hetero) is 1. The molecule has 0 bridgehead atoms. The zero-order valence-electron chi connectivity index (χ0n) is 13.5. The standard InChI is InChI=1S/C21H15F3O/c1-14(25)21(15-10-12-16(22)13-11-15,17-6-2-4-8-19(17)23)18-7-3-5-9-20(18)24/h2-13H,1H3. The van der Waals surface area contributed by atoms with Crippen LogP contribution in [0.25, 0.3) is 0 Å². The molecule has 0 aliphatic carbocycles. The molecule has 0 atom stereocenters. The second kappa shape index (κ2) is 6.55. The molecule has 0 heterocycles. The minimum atomic E-state index is -1.70. The molecule has 0 amide bonds. The number of hydrogen-bond acceptors (Lipinski definition) is 1. The zero-order valence-corrected chi connectivity index (χ0v) is 13.5. The van der Waals surface area contributed by atoms with Crippen LogP contribution in [0.2, 0.25) is 0 Å². The minimum absolute atomic E-state index is 0.0270. The second-order valence-electron chi connectivity index (χ2n) is 5.77. The molecule has 0 aliphatic rings. The molecular weight excluding hydrogens is 325 g/mol. The summed E-state index contributed by atoms with van der Waals surface area (Å²) in [5.41, 5.74) is -1.35. The van der Waals surface area contributed by atoms with Gasteiger partial charge in [-0.05, 0) is 36.8 Å². The number of benzene rings is 3. The Balaban J connectivity index is 2.46. The van der Waals surface area contributed by atoms with Gasteiger partial charge in [-0.15, -0.1) is 0 Å². The highest BCUT2D eigenvalue weighted by atomic mass is 19.1. The normalized spacial score (nSPS) is 11.4. The van der Waals surface area contributed by atoms with E-state index in [4.69, 9.17) is 0 Å². The molecule has 0 radical (unpaired) electrons. The van der Waals surface area contributed by atoms with E-state index in [9.17, 15) is 18.0 Å². The number of hydrogen-bond donors (Lipinski definition) is 0. The monoisotopic (exact) mass is 340 g/mol. The summed E-state index contributed by atoms with van der Waals surface area (Å²) in [7, 11) is 0. The second-order valence-corrected chi connectivity index (χ2v) is 5.77. The molecule has 3 aromatic carbocycles. The van der Waals surface area contributed by atoms with Gasteiger partial charge in [-0.2, -0.15) is 0 Å². The van der Waals surface area contributed by atoms with Crippen molar-refractivity contribution in [3.8, 4) is 0 Å². The quantitative estimate of drug-likeness (QED) is 0.609. The van der Waals surface area contributed by atoms with Gasteiger partial charge >= 0.3 is 0 Å². The molecule has 0 aromatic heterocycles. The van der Waals surface area contributed by atoms with Crippen LogP contribution in [0.4, 0.5) is 13.2 Å². The van der Waals surface area contributed by atoms with Gasteiger partial charge in [0.1, 0.15) is 28.6 Å². The van der Waals surface area contributed by atoms with Gasteiger partial charge in [0, 0.05) is 11.1 Å². The third-order valence-electron chi connectivity index (χ3n) is 4.36. The van der Waals surface area contributed by atoms with Crippen LogP contribution >= 0.6 is 0 Å². The van der Waals surface area contributed by atoms with Crippen molar-refractivity contribution in [1.82, 2.24) is 0 Å². The summed E-state index contributed by atoms with van der Waals surface area (Å²) < 4.78 is 42.8. The van der Waals surface area contributed by atoms with E-state index < -0.39 is 28.6 Å². The van der Waals surface area contributed by atoms with Crippen LogP contribution in [-0.4, -0.2) is 5.78 Å². The first-order valence-electron chi connectivity index (χ1n) is 7.75. The van der Waals surface area contributed by atoms with Crippen molar-refractivity contribution in [3.05, 3.63) is 107 Å². The Hall–Kier alpha value is -2.88. The lowest BCUT2D eigenvalue weighted by atomic mass is 9.66. The Kier molecular flexibility index (Phi) is 4.45. The highest BCUT2D eigenvalue weighted by Crippen LogP contribution is 2.42. The van der Waals surface area contributed by atoms with E-state index in [1.54, 1.807) is 12.1 Å². The summed E-state index contributed by atoms with van der Waals surface area (Å²) in [4.78, 5) is 12.8. The lowest BCUT2D eigenvalue weighted by Gasteiger charge is -2.33. The molecule has 3 aromatic rings. The first-order chi connectivity index (χ1) is 12.0. The smallest absolute Gasteiger partial charge is 0.149 e.